The van der Waals surface area contributed by atoms with E-state index in [2.05, 4.69) is 4.98 Å². The van der Waals surface area contributed by atoms with E-state index in [1.807, 2.05) is 30.5 Å². The van der Waals surface area contributed by atoms with E-state index >= 15 is 0 Å². The number of carbonyl (C=O) groups is 1. The highest BCUT2D eigenvalue weighted by Crippen LogP contribution is 2.49. The normalized spacial score (nSPS) is 17.5. The number of aromatic amines is 1. The third kappa shape index (κ3) is 1.32. The van der Waals surface area contributed by atoms with Gasteiger partial charge in [0.2, 0.25) is 0 Å². The lowest BCUT2D eigenvalue weighted by atomic mass is 9.95. The summed E-state index contributed by atoms with van der Waals surface area (Å²) in [5.74, 6) is -0.656. The summed E-state index contributed by atoms with van der Waals surface area (Å²) in [5, 5.41) is 10.3. The van der Waals surface area contributed by atoms with Crippen LogP contribution in [-0.4, -0.2) is 16.1 Å². The number of carboxylic acids is 1. The molecule has 1 saturated carbocycles. The number of aliphatic carboxylic acids is 1. The van der Waals surface area contributed by atoms with Crippen LogP contribution in [0.15, 0.2) is 30.5 Å². The Balaban J connectivity index is 2.01. The van der Waals surface area contributed by atoms with Crippen molar-refractivity contribution in [3.63, 3.8) is 0 Å². The number of para-hydroxylation sites is 1. The summed E-state index contributed by atoms with van der Waals surface area (Å²) in [6.45, 7) is 0. The molecule has 1 heterocycles. The Bertz CT molecular complexity index is 552. The predicted octanol–water partition coefficient (Wildman–Crippen LogP) is 2.58. The van der Waals surface area contributed by atoms with Crippen LogP contribution in [0, 0.1) is 5.41 Å². The molecule has 0 unspecified atom stereocenters. The van der Waals surface area contributed by atoms with Gasteiger partial charge < -0.3 is 10.1 Å². The van der Waals surface area contributed by atoms with Gasteiger partial charge in [-0.15, -0.1) is 0 Å². The molecule has 2 aromatic rings. The molecule has 82 valence electrons. The van der Waals surface area contributed by atoms with Gasteiger partial charge in [-0.25, -0.2) is 0 Å². The van der Waals surface area contributed by atoms with Crippen LogP contribution in [0.4, 0.5) is 0 Å². The molecule has 1 aromatic heterocycles. The molecule has 0 aliphatic heterocycles. The first kappa shape index (κ1) is 9.46. The highest BCUT2D eigenvalue weighted by molar-refractivity contribution is 5.84. The Morgan fingerprint density at radius 3 is 2.88 bits per heavy atom. The standard InChI is InChI=1S/C13H13NO2/c15-12(16)13(5-6-13)8-10-3-1-2-9-4-7-14-11(9)10/h1-4,7,14H,5-6,8H2,(H,15,16). The van der Waals surface area contributed by atoms with Crippen molar-refractivity contribution in [2.75, 3.05) is 0 Å². The molecule has 0 atom stereocenters. The number of aromatic nitrogens is 1. The van der Waals surface area contributed by atoms with E-state index in [0.717, 1.165) is 29.3 Å². The van der Waals surface area contributed by atoms with Crippen molar-refractivity contribution in [2.24, 2.45) is 5.41 Å². The minimum Gasteiger partial charge on any atom is -0.481 e. The first-order valence-corrected chi connectivity index (χ1v) is 5.50. The lowest BCUT2D eigenvalue weighted by Gasteiger charge is -2.10. The van der Waals surface area contributed by atoms with Crippen LogP contribution in [0.25, 0.3) is 10.9 Å². The van der Waals surface area contributed by atoms with Gasteiger partial charge in [0.25, 0.3) is 0 Å². The van der Waals surface area contributed by atoms with Crippen molar-refractivity contribution in [3.8, 4) is 0 Å². The Morgan fingerprint density at radius 1 is 1.38 bits per heavy atom. The fourth-order valence-corrected chi connectivity index (χ4v) is 2.28. The monoisotopic (exact) mass is 215 g/mol. The van der Waals surface area contributed by atoms with Gasteiger partial charge >= 0.3 is 5.97 Å². The largest absolute Gasteiger partial charge is 0.481 e. The summed E-state index contributed by atoms with van der Waals surface area (Å²) in [7, 11) is 0. The van der Waals surface area contributed by atoms with Crippen LogP contribution in [0.3, 0.4) is 0 Å². The van der Waals surface area contributed by atoms with Gasteiger partial charge in [-0.2, -0.15) is 0 Å². The fourth-order valence-electron chi connectivity index (χ4n) is 2.28. The van der Waals surface area contributed by atoms with Crippen molar-refractivity contribution in [1.82, 2.24) is 4.98 Å². The van der Waals surface area contributed by atoms with Gasteiger partial charge in [0.1, 0.15) is 0 Å². The lowest BCUT2D eigenvalue weighted by molar-refractivity contribution is -0.143. The first-order chi connectivity index (χ1) is 7.71. The highest BCUT2D eigenvalue weighted by atomic mass is 16.4. The number of fused-ring (bicyclic) bond motifs is 1. The predicted molar refractivity (Wildman–Crippen MR) is 61.3 cm³/mol. The third-order valence-electron chi connectivity index (χ3n) is 3.51. The van der Waals surface area contributed by atoms with Crippen LogP contribution in [0.1, 0.15) is 18.4 Å². The van der Waals surface area contributed by atoms with E-state index in [9.17, 15) is 9.90 Å². The molecule has 16 heavy (non-hydrogen) atoms. The maximum atomic E-state index is 11.2. The molecule has 0 radical (unpaired) electrons. The number of nitrogens with one attached hydrogen (secondary N) is 1. The summed E-state index contributed by atoms with van der Waals surface area (Å²) < 4.78 is 0. The molecule has 1 aromatic carbocycles. The number of hydrogen-bond acceptors (Lipinski definition) is 1. The van der Waals surface area contributed by atoms with E-state index in [0.29, 0.717) is 6.42 Å². The first-order valence-electron chi connectivity index (χ1n) is 5.50. The minimum atomic E-state index is -0.656. The zero-order valence-corrected chi connectivity index (χ0v) is 8.86. The van der Waals surface area contributed by atoms with Crippen LogP contribution in [-0.2, 0) is 11.2 Å². The van der Waals surface area contributed by atoms with Crippen molar-refractivity contribution < 1.29 is 9.90 Å². The quantitative estimate of drug-likeness (QED) is 0.826. The number of carboxylic acid groups (broad SMARTS) is 1. The van der Waals surface area contributed by atoms with Crippen LogP contribution >= 0.6 is 0 Å². The number of H-pyrrole nitrogens is 1. The van der Waals surface area contributed by atoms with Crippen molar-refractivity contribution in [3.05, 3.63) is 36.0 Å². The molecule has 0 bridgehead atoms. The molecule has 0 spiro atoms. The zero-order chi connectivity index (χ0) is 11.2. The van der Waals surface area contributed by atoms with Gasteiger partial charge in [0, 0.05) is 11.7 Å². The molecular formula is C13H13NO2. The Morgan fingerprint density at radius 2 is 2.19 bits per heavy atom. The fraction of sp³-hybridized carbons (Fsp3) is 0.308. The maximum Gasteiger partial charge on any atom is 0.309 e. The van der Waals surface area contributed by atoms with Gasteiger partial charge in [-0.1, -0.05) is 18.2 Å². The molecule has 2 N–H and O–H groups in total. The molecule has 3 nitrogen and oxygen atoms in total. The molecule has 1 aliphatic rings. The molecule has 0 saturated heterocycles. The molecule has 1 aliphatic carbocycles. The van der Waals surface area contributed by atoms with Crippen LogP contribution in [0.2, 0.25) is 0 Å². The molecule has 3 rings (SSSR count). The molecular weight excluding hydrogens is 202 g/mol. The van der Waals surface area contributed by atoms with E-state index in [1.165, 1.54) is 0 Å². The van der Waals surface area contributed by atoms with E-state index in [-0.39, 0.29) is 0 Å². The second-order valence-electron chi connectivity index (χ2n) is 4.62. The van der Waals surface area contributed by atoms with Crippen LogP contribution < -0.4 is 0 Å². The summed E-state index contributed by atoms with van der Waals surface area (Å²) in [6, 6.07) is 8.06. The van der Waals surface area contributed by atoms with E-state index in [1.54, 1.807) is 0 Å². The van der Waals surface area contributed by atoms with E-state index < -0.39 is 11.4 Å². The van der Waals surface area contributed by atoms with Crippen molar-refractivity contribution in [2.45, 2.75) is 19.3 Å². The van der Waals surface area contributed by atoms with Gasteiger partial charge in [0.05, 0.1) is 5.41 Å². The molecule has 0 amide bonds. The van der Waals surface area contributed by atoms with Crippen LogP contribution in [0.5, 0.6) is 0 Å². The molecule has 1 fully saturated rings. The smallest absolute Gasteiger partial charge is 0.309 e. The average Bonchev–Trinajstić information content (AvgIpc) is 2.89. The van der Waals surface area contributed by atoms with Gasteiger partial charge in [0.15, 0.2) is 0 Å². The maximum absolute atomic E-state index is 11.2. The van der Waals surface area contributed by atoms with E-state index in [4.69, 9.17) is 0 Å². The number of benzene rings is 1. The van der Waals surface area contributed by atoms with Crippen molar-refractivity contribution >= 4 is 16.9 Å². The summed E-state index contributed by atoms with van der Waals surface area (Å²) >= 11 is 0. The van der Waals surface area contributed by atoms with Crippen molar-refractivity contribution in [1.29, 1.82) is 0 Å². The van der Waals surface area contributed by atoms with Gasteiger partial charge in [-0.05, 0) is 36.3 Å². The Labute approximate surface area is 93.1 Å². The number of hydrogen-bond donors (Lipinski definition) is 2. The minimum absolute atomic E-state index is 0.487. The Hall–Kier alpha value is -1.77. The summed E-state index contributed by atoms with van der Waals surface area (Å²) in [5.41, 5.74) is 1.71. The number of rotatable bonds is 3. The SMILES string of the molecule is O=C(O)C1(Cc2cccc3cc[nH]c23)CC1. The average molecular weight is 215 g/mol. The second kappa shape index (κ2) is 3.11. The third-order valence-corrected chi connectivity index (χ3v) is 3.51. The zero-order valence-electron chi connectivity index (χ0n) is 8.86. The summed E-state index contributed by atoms with van der Waals surface area (Å²) in [6.07, 6.45) is 4.15. The molecule has 3 heteroatoms. The summed E-state index contributed by atoms with van der Waals surface area (Å²) in [4.78, 5) is 14.3. The Kier molecular flexibility index (Phi) is 1.84. The topological polar surface area (TPSA) is 53.1 Å². The second-order valence-corrected chi connectivity index (χ2v) is 4.62. The lowest BCUT2D eigenvalue weighted by Crippen LogP contribution is -2.17. The van der Waals surface area contributed by atoms with Gasteiger partial charge in [-0.3, -0.25) is 4.79 Å². The highest BCUT2D eigenvalue weighted by Gasteiger charge is 2.50.